The van der Waals surface area contributed by atoms with Crippen LogP contribution in [-0.4, -0.2) is 32.1 Å². The van der Waals surface area contributed by atoms with E-state index in [4.69, 9.17) is 14.2 Å². The Bertz CT molecular complexity index is 492. The van der Waals surface area contributed by atoms with Crippen LogP contribution in [0.5, 0.6) is 11.5 Å². The van der Waals surface area contributed by atoms with E-state index in [1.54, 1.807) is 53.2 Å². The topological polar surface area (TPSA) is 69.2 Å². The van der Waals surface area contributed by atoms with Crippen molar-refractivity contribution in [3.8, 4) is 11.5 Å². The second kappa shape index (κ2) is 6.79. The molecule has 1 amide bonds. The summed E-state index contributed by atoms with van der Waals surface area (Å²) >= 11 is 0. The summed E-state index contributed by atoms with van der Waals surface area (Å²) in [6.45, 7) is 5.34. The molecule has 0 aliphatic rings. The zero-order valence-corrected chi connectivity index (χ0v) is 12.4. The Morgan fingerprint density at radius 1 is 1.25 bits per heavy atom. The van der Waals surface area contributed by atoms with Crippen LogP contribution in [0.1, 0.15) is 26.3 Å². The molecule has 1 N–H and O–H groups in total. The molecule has 0 fully saturated rings. The van der Waals surface area contributed by atoms with E-state index in [0.29, 0.717) is 17.1 Å². The van der Waals surface area contributed by atoms with E-state index in [2.05, 4.69) is 10.5 Å². The molecule has 1 rings (SSSR count). The molecule has 0 aliphatic carbocycles. The minimum absolute atomic E-state index is 0.558. The van der Waals surface area contributed by atoms with Crippen LogP contribution < -0.4 is 14.9 Å². The molecule has 0 radical (unpaired) electrons. The Kier molecular flexibility index (Phi) is 5.37. The van der Waals surface area contributed by atoms with Crippen molar-refractivity contribution < 1.29 is 19.0 Å². The fourth-order valence-corrected chi connectivity index (χ4v) is 1.38. The summed E-state index contributed by atoms with van der Waals surface area (Å²) in [6, 6.07) is 5.28. The lowest BCUT2D eigenvalue weighted by Gasteiger charge is -2.18. The highest BCUT2D eigenvalue weighted by Gasteiger charge is 2.15. The molecule has 0 saturated carbocycles. The number of hydrogen-bond donors (Lipinski definition) is 1. The van der Waals surface area contributed by atoms with E-state index in [9.17, 15) is 4.79 Å². The van der Waals surface area contributed by atoms with Gasteiger partial charge in [0.2, 0.25) is 0 Å². The fraction of sp³-hybridized carbons (Fsp3) is 0.429. The number of carbonyl (C=O) groups excluding carboxylic acids is 1. The van der Waals surface area contributed by atoms with Crippen molar-refractivity contribution in [2.45, 2.75) is 26.4 Å². The Hall–Kier alpha value is -2.24. The van der Waals surface area contributed by atoms with Crippen molar-refractivity contribution in [2.75, 3.05) is 14.2 Å². The minimum atomic E-state index is -0.610. The molecule has 0 bridgehead atoms. The Morgan fingerprint density at radius 2 is 1.95 bits per heavy atom. The van der Waals surface area contributed by atoms with E-state index in [0.717, 1.165) is 0 Å². The molecule has 0 aromatic heterocycles. The second-order valence-corrected chi connectivity index (χ2v) is 4.98. The van der Waals surface area contributed by atoms with Gasteiger partial charge in [0.05, 0.1) is 20.4 Å². The van der Waals surface area contributed by atoms with Crippen LogP contribution in [-0.2, 0) is 4.74 Å². The van der Waals surface area contributed by atoms with Crippen molar-refractivity contribution in [3.63, 3.8) is 0 Å². The summed E-state index contributed by atoms with van der Waals surface area (Å²) in [7, 11) is 3.13. The number of benzene rings is 1. The monoisotopic (exact) mass is 280 g/mol. The highest BCUT2D eigenvalue weighted by atomic mass is 16.6. The van der Waals surface area contributed by atoms with E-state index < -0.39 is 11.7 Å². The van der Waals surface area contributed by atoms with Crippen molar-refractivity contribution in [3.05, 3.63) is 23.8 Å². The lowest BCUT2D eigenvalue weighted by molar-refractivity contribution is 0.0529. The summed E-state index contributed by atoms with van der Waals surface area (Å²) in [5.41, 5.74) is 2.44. The molecular formula is C14H20N2O4. The van der Waals surface area contributed by atoms with Gasteiger partial charge in [0.25, 0.3) is 0 Å². The molecule has 20 heavy (non-hydrogen) atoms. The molecule has 0 aliphatic heterocycles. The molecule has 0 spiro atoms. The van der Waals surface area contributed by atoms with Crippen LogP contribution in [0.4, 0.5) is 4.79 Å². The quantitative estimate of drug-likeness (QED) is 0.679. The SMILES string of the molecule is COc1ccc(/C=N\NC(=O)OC(C)(C)C)c(OC)c1. The number of methoxy groups -OCH3 is 2. The van der Waals surface area contributed by atoms with Crippen LogP contribution in [0.3, 0.4) is 0 Å². The van der Waals surface area contributed by atoms with E-state index in [-0.39, 0.29) is 0 Å². The van der Waals surface area contributed by atoms with Gasteiger partial charge in [0.1, 0.15) is 17.1 Å². The normalized spacial score (nSPS) is 11.2. The van der Waals surface area contributed by atoms with Crippen molar-refractivity contribution in [1.29, 1.82) is 0 Å². The average Bonchev–Trinajstić information content (AvgIpc) is 2.36. The van der Waals surface area contributed by atoms with Gasteiger partial charge in [-0.05, 0) is 32.9 Å². The zero-order valence-electron chi connectivity index (χ0n) is 12.4. The van der Waals surface area contributed by atoms with Crippen LogP contribution in [0.25, 0.3) is 0 Å². The number of hydrogen-bond acceptors (Lipinski definition) is 5. The predicted octanol–water partition coefficient (Wildman–Crippen LogP) is 2.56. The summed E-state index contributed by atoms with van der Waals surface area (Å²) in [5, 5.41) is 3.82. The first-order chi connectivity index (χ1) is 9.35. The molecule has 0 heterocycles. The fourth-order valence-electron chi connectivity index (χ4n) is 1.38. The predicted molar refractivity (Wildman–Crippen MR) is 76.5 cm³/mol. The minimum Gasteiger partial charge on any atom is -0.497 e. The molecule has 0 saturated heterocycles. The summed E-state index contributed by atoms with van der Waals surface area (Å²) < 4.78 is 15.4. The maximum atomic E-state index is 11.4. The number of nitrogens with one attached hydrogen (secondary N) is 1. The molecule has 1 aromatic rings. The Labute approximate surface area is 118 Å². The van der Waals surface area contributed by atoms with Gasteiger partial charge in [-0.25, -0.2) is 10.2 Å². The third kappa shape index (κ3) is 5.17. The average molecular weight is 280 g/mol. The third-order valence-corrected chi connectivity index (χ3v) is 2.20. The number of amides is 1. The lowest BCUT2D eigenvalue weighted by Crippen LogP contribution is -2.29. The largest absolute Gasteiger partial charge is 0.497 e. The zero-order chi connectivity index (χ0) is 15.2. The first kappa shape index (κ1) is 15.8. The van der Waals surface area contributed by atoms with Gasteiger partial charge < -0.3 is 14.2 Å². The molecule has 1 aromatic carbocycles. The van der Waals surface area contributed by atoms with Gasteiger partial charge in [0.15, 0.2) is 0 Å². The lowest BCUT2D eigenvalue weighted by atomic mass is 10.2. The maximum Gasteiger partial charge on any atom is 0.428 e. The standard InChI is InChI=1S/C14H20N2O4/c1-14(2,3)20-13(17)16-15-9-10-6-7-11(18-4)8-12(10)19-5/h6-9H,1-5H3,(H,16,17)/b15-9-. The Balaban J connectivity index is 2.69. The summed E-state index contributed by atoms with van der Waals surface area (Å²) in [5.74, 6) is 1.28. The molecule has 110 valence electrons. The molecular weight excluding hydrogens is 260 g/mol. The molecule has 6 heteroatoms. The third-order valence-electron chi connectivity index (χ3n) is 2.20. The number of hydrazone groups is 1. The highest BCUT2D eigenvalue weighted by molar-refractivity contribution is 5.84. The number of nitrogens with zero attached hydrogens (tertiary/aromatic N) is 1. The summed E-state index contributed by atoms with van der Waals surface area (Å²) in [4.78, 5) is 11.4. The van der Waals surface area contributed by atoms with Gasteiger partial charge >= 0.3 is 6.09 Å². The smallest absolute Gasteiger partial charge is 0.428 e. The van der Waals surface area contributed by atoms with Gasteiger partial charge in [-0.15, -0.1) is 0 Å². The number of carbonyl (C=O) groups is 1. The van der Waals surface area contributed by atoms with Crippen LogP contribution in [0.15, 0.2) is 23.3 Å². The van der Waals surface area contributed by atoms with Gasteiger partial charge in [-0.2, -0.15) is 5.10 Å². The van der Waals surface area contributed by atoms with E-state index in [1.165, 1.54) is 6.21 Å². The molecule has 0 atom stereocenters. The van der Waals surface area contributed by atoms with Gasteiger partial charge in [-0.1, -0.05) is 0 Å². The Morgan fingerprint density at radius 3 is 2.50 bits per heavy atom. The maximum absolute atomic E-state index is 11.4. The molecule has 6 nitrogen and oxygen atoms in total. The number of rotatable bonds is 4. The van der Waals surface area contributed by atoms with E-state index in [1.807, 2.05) is 0 Å². The van der Waals surface area contributed by atoms with Crippen LogP contribution in [0.2, 0.25) is 0 Å². The van der Waals surface area contributed by atoms with Crippen molar-refractivity contribution in [2.24, 2.45) is 5.10 Å². The second-order valence-electron chi connectivity index (χ2n) is 4.98. The first-order valence-corrected chi connectivity index (χ1v) is 6.10. The van der Waals surface area contributed by atoms with Gasteiger partial charge in [-0.3, -0.25) is 0 Å². The van der Waals surface area contributed by atoms with Crippen molar-refractivity contribution in [1.82, 2.24) is 5.43 Å². The number of ether oxygens (including phenoxy) is 3. The highest BCUT2D eigenvalue weighted by Crippen LogP contribution is 2.22. The van der Waals surface area contributed by atoms with Gasteiger partial charge in [0, 0.05) is 11.6 Å². The van der Waals surface area contributed by atoms with Crippen LogP contribution >= 0.6 is 0 Å². The van der Waals surface area contributed by atoms with E-state index >= 15 is 0 Å². The van der Waals surface area contributed by atoms with Crippen LogP contribution in [0, 0.1) is 0 Å². The first-order valence-electron chi connectivity index (χ1n) is 6.10. The summed E-state index contributed by atoms with van der Waals surface area (Å²) in [6.07, 6.45) is 0.864. The molecule has 0 unspecified atom stereocenters. The van der Waals surface area contributed by atoms with Crippen molar-refractivity contribution >= 4 is 12.3 Å².